The van der Waals surface area contributed by atoms with Gasteiger partial charge in [0.2, 0.25) is 0 Å². The predicted octanol–water partition coefficient (Wildman–Crippen LogP) is 1.78. The fourth-order valence-corrected chi connectivity index (χ4v) is 1.57. The third-order valence-electron chi connectivity index (χ3n) is 2.44. The van der Waals surface area contributed by atoms with Crippen LogP contribution < -0.4 is 4.74 Å². The molecule has 1 heterocycles. The highest BCUT2D eigenvalue weighted by molar-refractivity contribution is 5.70. The average molecular weight is 244 g/mol. The quantitative estimate of drug-likeness (QED) is 0.887. The lowest BCUT2D eigenvalue weighted by Crippen LogP contribution is -2.03. The second-order valence-electron chi connectivity index (χ2n) is 3.69. The maximum absolute atomic E-state index is 10.6. The normalized spacial score (nSPS) is 10.1. The van der Waals surface area contributed by atoms with E-state index in [4.69, 9.17) is 9.84 Å². The van der Waals surface area contributed by atoms with Gasteiger partial charge in [-0.1, -0.05) is 0 Å². The summed E-state index contributed by atoms with van der Waals surface area (Å²) in [7, 11) is 1.60. The molecule has 18 heavy (non-hydrogen) atoms. The molecule has 0 atom stereocenters. The van der Waals surface area contributed by atoms with E-state index in [1.54, 1.807) is 13.2 Å². The fourth-order valence-electron chi connectivity index (χ4n) is 1.57. The van der Waals surface area contributed by atoms with Gasteiger partial charge >= 0.3 is 5.97 Å². The molecule has 2 aromatic rings. The van der Waals surface area contributed by atoms with Crippen molar-refractivity contribution in [2.45, 2.75) is 6.42 Å². The number of aromatic nitrogens is 2. The van der Waals surface area contributed by atoms with E-state index in [2.05, 4.69) is 9.97 Å². The van der Waals surface area contributed by atoms with Gasteiger partial charge < -0.3 is 9.84 Å². The largest absolute Gasteiger partial charge is 0.497 e. The Labute approximate surface area is 104 Å². The van der Waals surface area contributed by atoms with Gasteiger partial charge in [-0.25, -0.2) is 9.97 Å². The van der Waals surface area contributed by atoms with E-state index in [0.29, 0.717) is 11.4 Å². The van der Waals surface area contributed by atoms with Crippen LogP contribution in [0.4, 0.5) is 0 Å². The number of hydrogen-bond donors (Lipinski definition) is 1. The minimum atomic E-state index is -0.908. The van der Waals surface area contributed by atoms with E-state index in [0.717, 1.165) is 11.3 Å². The second-order valence-corrected chi connectivity index (χ2v) is 3.69. The molecule has 0 saturated heterocycles. The lowest BCUT2D eigenvalue weighted by atomic mass is 10.1. The van der Waals surface area contributed by atoms with Crippen LogP contribution in [0.1, 0.15) is 5.69 Å². The molecule has 0 amide bonds. The van der Waals surface area contributed by atoms with Crippen molar-refractivity contribution in [3.8, 4) is 17.0 Å². The first kappa shape index (κ1) is 12.0. The van der Waals surface area contributed by atoms with E-state index >= 15 is 0 Å². The van der Waals surface area contributed by atoms with Gasteiger partial charge in [-0.15, -0.1) is 0 Å². The Morgan fingerprint density at radius 1 is 1.28 bits per heavy atom. The molecule has 1 aromatic carbocycles. The summed E-state index contributed by atoms with van der Waals surface area (Å²) in [5.74, 6) is -0.145. The lowest BCUT2D eigenvalue weighted by molar-refractivity contribution is -0.136. The van der Waals surface area contributed by atoms with Gasteiger partial charge in [0, 0.05) is 5.56 Å². The van der Waals surface area contributed by atoms with E-state index in [1.165, 1.54) is 6.33 Å². The SMILES string of the molecule is COc1ccc(-c2cc(CC(=O)O)ncn2)cc1. The number of nitrogens with zero attached hydrogens (tertiary/aromatic N) is 2. The lowest BCUT2D eigenvalue weighted by Gasteiger charge is -2.04. The molecule has 92 valence electrons. The van der Waals surface area contributed by atoms with Crippen LogP contribution in [-0.2, 0) is 11.2 Å². The Morgan fingerprint density at radius 3 is 2.61 bits per heavy atom. The van der Waals surface area contributed by atoms with Crippen LogP contribution in [0, 0.1) is 0 Å². The number of carbonyl (C=O) groups is 1. The summed E-state index contributed by atoms with van der Waals surface area (Å²) >= 11 is 0. The van der Waals surface area contributed by atoms with Crippen LogP contribution in [0.3, 0.4) is 0 Å². The van der Waals surface area contributed by atoms with Gasteiger partial charge in [0.05, 0.1) is 24.9 Å². The van der Waals surface area contributed by atoms with Gasteiger partial charge in [-0.2, -0.15) is 0 Å². The van der Waals surface area contributed by atoms with Crippen molar-refractivity contribution in [3.05, 3.63) is 42.4 Å². The Hall–Kier alpha value is -2.43. The maximum atomic E-state index is 10.6. The van der Waals surface area contributed by atoms with Gasteiger partial charge in [-0.05, 0) is 30.3 Å². The van der Waals surface area contributed by atoms with Gasteiger partial charge in [0.25, 0.3) is 0 Å². The number of ether oxygens (including phenoxy) is 1. The number of carboxylic acid groups (broad SMARTS) is 1. The summed E-state index contributed by atoms with van der Waals surface area (Å²) < 4.78 is 5.07. The summed E-state index contributed by atoms with van der Waals surface area (Å²) in [5, 5.41) is 8.72. The predicted molar refractivity (Wildman–Crippen MR) is 65.4 cm³/mol. The van der Waals surface area contributed by atoms with Crippen molar-refractivity contribution in [3.63, 3.8) is 0 Å². The van der Waals surface area contributed by atoms with Crippen LogP contribution >= 0.6 is 0 Å². The van der Waals surface area contributed by atoms with Crippen LogP contribution in [0.15, 0.2) is 36.7 Å². The Kier molecular flexibility index (Phi) is 3.52. The third kappa shape index (κ3) is 2.82. The van der Waals surface area contributed by atoms with Crippen LogP contribution in [0.25, 0.3) is 11.3 Å². The van der Waals surface area contributed by atoms with Crippen molar-refractivity contribution in [1.29, 1.82) is 0 Å². The highest BCUT2D eigenvalue weighted by Gasteiger charge is 2.05. The topological polar surface area (TPSA) is 72.3 Å². The first-order valence-corrected chi connectivity index (χ1v) is 5.36. The molecule has 0 fully saturated rings. The molecule has 2 rings (SSSR count). The molecule has 0 unspecified atom stereocenters. The highest BCUT2D eigenvalue weighted by atomic mass is 16.5. The molecule has 1 N–H and O–H groups in total. The number of benzene rings is 1. The maximum Gasteiger partial charge on any atom is 0.309 e. The van der Waals surface area contributed by atoms with E-state index < -0.39 is 5.97 Å². The van der Waals surface area contributed by atoms with Crippen LogP contribution in [-0.4, -0.2) is 28.2 Å². The van der Waals surface area contributed by atoms with Crippen LogP contribution in [0.5, 0.6) is 5.75 Å². The summed E-state index contributed by atoms with van der Waals surface area (Å²) in [6, 6.07) is 9.07. The van der Waals surface area contributed by atoms with E-state index in [1.807, 2.05) is 24.3 Å². The van der Waals surface area contributed by atoms with Crippen molar-refractivity contribution in [1.82, 2.24) is 9.97 Å². The minimum Gasteiger partial charge on any atom is -0.497 e. The van der Waals surface area contributed by atoms with Gasteiger partial charge in [0.1, 0.15) is 12.1 Å². The van der Waals surface area contributed by atoms with Crippen LogP contribution in [0.2, 0.25) is 0 Å². The van der Waals surface area contributed by atoms with E-state index in [9.17, 15) is 4.79 Å². The molecule has 5 nitrogen and oxygen atoms in total. The monoisotopic (exact) mass is 244 g/mol. The molecule has 5 heteroatoms. The molecular formula is C13H12N2O3. The zero-order chi connectivity index (χ0) is 13.0. The summed E-state index contributed by atoms with van der Waals surface area (Å²) in [6.45, 7) is 0. The molecule has 0 radical (unpaired) electrons. The average Bonchev–Trinajstić information content (AvgIpc) is 2.38. The number of methoxy groups -OCH3 is 1. The first-order valence-electron chi connectivity index (χ1n) is 5.36. The van der Waals surface area contributed by atoms with Crippen molar-refractivity contribution in [2.24, 2.45) is 0 Å². The highest BCUT2D eigenvalue weighted by Crippen LogP contribution is 2.20. The van der Waals surface area contributed by atoms with Crippen molar-refractivity contribution in [2.75, 3.05) is 7.11 Å². The summed E-state index contributed by atoms with van der Waals surface area (Å²) in [6.07, 6.45) is 1.27. The second kappa shape index (κ2) is 5.27. The summed E-state index contributed by atoms with van der Waals surface area (Å²) in [4.78, 5) is 18.7. The molecule has 0 saturated carbocycles. The number of rotatable bonds is 4. The van der Waals surface area contributed by atoms with Crippen molar-refractivity contribution < 1.29 is 14.6 Å². The Morgan fingerprint density at radius 2 is 2.00 bits per heavy atom. The Balaban J connectivity index is 2.29. The molecule has 0 spiro atoms. The zero-order valence-electron chi connectivity index (χ0n) is 9.83. The van der Waals surface area contributed by atoms with Gasteiger partial charge in [0.15, 0.2) is 0 Å². The van der Waals surface area contributed by atoms with Gasteiger partial charge in [-0.3, -0.25) is 4.79 Å². The third-order valence-corrected chi connectivity index (χ3v) is 2.44. The number of hydrogen-bond acceptors (Lipinski definition) is 4. The first-order chi connectivity index (χ1) is 8.69. The van der Waals surface area contributed by atoms with E-state index in [-0.39, 0.29) is 6.42 Å². The fraction of sp³-hybridized carbons (Fsp3) is 0.154. The standard InChI is InChI=1S/C13H12N2O3/c1-18-11-4-2-9(3-5-11)12-6-10(7-13(16)17)14-8-15-12/h2-6,8H,7H2,1H3,(H,16,17). The number of carboxylic acids is 1. The molecule has 0 aliphatic carbocycles. The molecule has 1 aromatic heterocycles. The zero-order valence-corrected chi connectivity index (χ0v) is 9.83. The van der Waals surface area contributed by atoms with Crippen molar-refractivity contribution >= 4 is 5.97 Å². The molecular weight excluding hydrogens is 232 g/mol. The smallest absolute Gasteiger partial charge is 0.309 e. The Bertz CT molecular complexity index is 552. The minimum absolute atomic E-state index is 0.105. The number of aliphatic carboxylic acids is 1. The summed E-state index contributed by atoms with van der Waals surface area (Å²) in [5.41, 5.74) is 2.08. The molecule has 0 bridgehead atoms. The molecule has 0 aliphatic rings. The molecule has 0 aliphatic heterocycles.